The highest BCUT2D eigenvalue weighted by atomic mass is 32.1. The highest BCUT2D eigenvalue weighted by molar-refractivity contribution is 7.09. The Hall–Kier alpha value is -1.65. The van der Waals surface area contributed by atoms with Crippen LogP contribution in [0.2, 0.25) is 0 Å². The first-order chi connectivity index (χ1) is 9.79. The number of aryl methyl sites for hydroxylation is 1. The van der Waals surface area contributed by atoms with Crippen LogP contribution in [0.4, 0.5) is 0 Å². The van der Waals surface area contributed by atoms with Crippen LogP contribution < -0.4 is 5.32 Å². The number of furan rings is 1. The molecule has 3 nitrogen and oxygen atoms in total. The van der Waals surface area contributed by atoms with Crippen molar-refractivity contribution in [2.75, 3.05) is 6.54 Å². The van der Waals surface area contributed by atoms with Crippen LogP contribution in [0.5, 0.6) is 0 Å². The van der Waals surface area contributed by atoms with Crippen molar-refractivity contribution in [1.82, 2.24) is 10.3 Å². The molecule has 0 saturated heterocycles. The molecule has 3 rings (SSSR count). The summed E-state index contributed by atoms with van der Waals surface area (Å²) >= 11 is 1.66. The van der Waals surface area contributed by atoms with E-state index < -0.39 is 0 Å². The van der Waals surface area contributed by atoms with Gasteiger partial charge in [-0.2, -0.15) is 0 Å². The van der Waals surface area contributed by atoms with Crippen LogP contribution in [0.3, 0.4) is 0 Å². The first-order valence-electron chi connectivity index (χ1n) is 6.90. The fourth-order valence-electron chi connectivity index (χ4n) is 2.37. The minimum atomic E-state index is 0.0919. The summed E-state index contributed by atoms with van der Waals surface area (Å²) in [7, 11) is 0. The van der Waals surface area contributed by atoms with Crippen molar-refractivity contribution in [1.29, 1.82) is 0 Å². The second-order valence-electron chi connectivity index (χ2n) is 4.93. The van der Waals surface area contributed by atoms with Crippen molar-refractivity contribution in [3.63, 3.8) is 0 Å². The van der Waals surface area contributed by atoms with Gasteiger partial charge >= 0.3 is 0 Å². The van der Waals surface area contributed by atoms with Gasteiger partial charge in [0.1, 0.15) is 17.4 Å². The van der Waals surface area contributed by atoms with Gasteiger partial charge in [0.05, 0.1) is 5.51 Å². The van der Waals surface area contributed by atoms with E-state index in [0.717, 1.165) is 29.7 Å². The number of aromatic nitrogens is 1. The number of thiazole rings is 1. The lowest BCUT2D eigenvalue weighted by Crippen LogP contribution is -2.21. The molecule has 0 bridgehead atoms. The molecule has 0 spiro atoms. The summed E-state index contributed by atoms with van der Waals surface area (Å²) in [5.74, 6) is 0.965. The van der Waals surface area contributed by atoms with Gasteiger partial charge in [0.2, 0.25) is 0 Å². The topological polar surface area (TPSA) is 38.1 Å². The molecular weight excluding hydrogens is 268 g/mol. The van der Waals surface area contributed by atoms with Gasteiger partial charge in [0, 0.05) is 16.5 Å². The Kier molecular flexibility index (Phi) is 3.85. The number of hydrogen-bond donors (Lipinski definition) is 1. The molecule has 0 fully saturated rings. The van der Waals surface area contributed by atoms with Crippen molar-refractivity contribution in [3.8, 4) is 0 Å². The molecule has 2 heterocycles. The van der Waals surface area contributed by atoms with E-state index in [-0.39, 0.29) is 6.04 Å². The van der Waals surface area contributed by atoms with E-state index in [4.69, 9.17) is 4.42 Å². The maximum atomic E-state index is 6.10. The second-order valence-corrected chi connectivity index (χ2v) is 5.85. The number of hydrogen-bond acceptors (Lipinski definition) is 4. The third-order valence-corrected chi connectivity index (χ3v) is 4.22. The number of para-hydroxylation sites is 1. The molecular formula is C16H18N2OS. The van der Waals surface area contributed by atoms with Gasteiger partial charge in [-0.1, -0.05) is 25.1 Å². The standard InChI is InChI=1S/C16H18N2OS/c1-3-7-18-15(14-9-17-10-20-14)13-8-12-6-4-5-11(2)16(12)19-13/h4-6,8-10,15,18H,3,7H2,1-2H3. The zero-order valence-electron chi connectivity index (χ0n) is 11.7. The minimum absolute atomic E-state index is 0.0919. The quantitative estimate of drug-likeness (QED) is 0.760. The van der Waals surface area contributed by atoms with Gasteiger partial charge in [-0.05, 0) is 31.5 Å². The molecule has 0 saturated carbocycles. The predicted octanol–water partition coefficient (Wildman–Crippen LogP) is 4.29. The van der Waals surface area contributed by atoms with Crippen LogP contribution in [-0.2, 0) is 0 Å². The zero-order chi connectivity index (χ0) is 13.9. The minimum Gasteiger partial charge on any atom is -0.459 e. The van der Waals surface area contributed by atoms with Crippen molar-refractivity contribution in [2.24, 2.45) is 0 Å². The van der Waals surface area contributed by atoms with Gasteiger partial charge in [-0.25, -0.2) is 0 Å². The number of nitrogens with zero attached hydrogens (tertiary/aromatic N) is 1. The van der Waals surface area contributed by atoms with Crippen LogP contribution >= 0.6 is 11.3 Å². The molecule has 0 aliphatic rings. The molecule has 3 aromatic rings. The van der Waals surface area contributed by atoms with E-state index in [1.54, 1.807) is 11.3 Å². The molecule has 0 radical (unpaired) electrons. The highest BCUT2D eigenvalue weighted by Crippen LogP contribution is 2.31. The Balaban J connectivity index is 2.02. The van der Waals surface area contributed by atoms with Gasteiger partial charge in [0.15, 0.2) is 0 Å². The van der Waals surface area contributed by atoms with Crippen LogP contribution in [0.15, 0.2) is 40.4 Å². The van der Waals surface area contributed by atoms with Crippen molar-refractivity contribution in [2.45, 2.75) is 26.3 Å². The lowest BCUT2D eigenvalue weighted by Gasteiger charge is -2.13. The van der Waals surface area contributed by atoms with Crippen LogP contribution in [0.1, 0.15) is 35.6 Å². The van der Waals surface area contributed by atoms with Crippen molar-refractivity contribution in [3.05, 3.63) is 52.2 Å². The SMILES string of the molecule is CCCNC(c1cc2cccc(C)c2o1)c1cncs1. The van der Waals surface area contributed by atoms with Gasteiger partial charge in [0.25, 0.3) is 0 Å². The summed E-state index contributed by atoms with van der Waals surface area (Å²) in [5.41, 5.74) is 4.02. The molecule has 1 N–H and O–H groups in total. The van der Waals surface area contributed by atoms with Crippen LogP contribution in [0, 0.1) is 6.92 Å². The van der Waals surface area contributed by atoms with E-state index in [2.05, 4.69) is 48.4 Å². The van der Waals surface area contributed by atoms with E-state index in [1.807, 2.05) is 11.7 Å². The molecule has 0 aliphatic heterocycles. The first-order valence-corrected chi connectivity index (χ1v) is 7.78. The predicted molar refractivity (Wildman–Crippen MR) is 83.2 cm³/mol. The van der Waals surface area contributed by atoms with Crippen molar-refractivity contribution >= 4 is 22.3 Å². The molecule has 1 atom stereocenters. The smallest absolute Gasteiger partial charge is 0.137 e. The van der Waals surface area contributed by atoms with E-state index in [1.165, 1.54) is 10.4 Å². The number of fused-ring (bicyclic) bond motifs is 1. The summed E-state index contributed by atoms with van der Waals surface area (Å²) in [6, 6.07) is 8.47. The number of nitrogens with one attached hydrogen (secondary N) is 1. The maximum absolute atomic E-state index is 6.10. The average Bonchev–Trinajstić information content (AvgIpc) is 3.09. The van der Waals surface area contributed by atoms with Gasteiger partial charge < -0.3 is 9.73 Å². The number of benzene rings is 1. The molecule has 104 valence electrons. The molecule has 1 unspecified atom stereocenters. The van der Waals surface area contributed by atoms with Crippen LogP contribution in [0.25, 0.3) is 11.0 Å². The molecule has 1 aromatic carbocycles. The fourth-order valence-corrected chi connectivity index (χ4v) is 3.07. The zero-order valence-corrected chi connectivity index (χ0v) is 12.5. The first kappa shape index (κ1) is 13.3. The average molecular weight is 286 g/mol. The van der Waals surface area contributed by atoms with E-state index in [0.29, 0.717) is 0 Å². The summed E-state index contributed by atoms with van der Waals surface area (Å²) in [4.78, 5) is 5.37. The fraction of sp³-hybridized carbons (Fsp3) is 0.312. The summed E-state index contributed by atoms with van der Waals surface area (Å²) in [5, 5.41) is 4.71. The van der Waals surface area contributed by atoms with Gasteiger partial charge in [-0.3, -0.25) is 4.98 Å². The second kappa shape index (κ2) is 5.77. The third-order valence-electron chi connectivity index (χ3n) is 3.38. The Labute approximate surface area is 122 Å². The Morgan fingerprint density at radius 1 is 1.40 bits per heavy atom. The maximum Gasteiger partial charge on any atom is 0.137 e. The monoisotopic (exact) mass is 286 g/mol. The Morgan fingerprint density at radius 3 is 3.00 bits per heavy atom. The van der Waals surface area contributed by atoms with Crippen molar-refractivity contribution < 1.29 is 4.42 Å². The molecule has 2 aromatic heterocycles. The molecule has 0 aliphatic carbocycles. The highest BCUT2D eigenvalue weighted by Gasteiger charge is 2.19. The molecule has 0 amide bonds. The largest absolute Gasteiger partial charge is 0.459 e. The summed E-state index contributed by atoms with van der Waals surface area (Å²) in [6.45, 7) is 5.20. The molecule has 20 heavy (non-hydrogen) atoms. The Morgan fingerprint density at radius 2 is 2.30 bits per heavy atom. The summed E-state index contributed by atoms with van der Waals surface area (Å²) < 4.78 is 6.10. The van der Waals surface area contributed by atoms with E-state index in [9.17, 15) is 0 Å². The normalized spacial score (nSPS) is 12.9. The third kappa shape index (κ3) is 2.49. The van der Waals surface area contributed by atoms with E-state index >= 15 is 0 Å². The lowest BCUT2D eigenvalue weighted by molar-refractivity contribution is 0.472. The molecule has 4 heteroatoms. The van der Waals surface area contributed by atoms with Crippen LogP contribution in [-0.4, -0.2) is 11.5 Å². The lowest BCUT2D eigenvalue weighted by atomic mass is 10.1. The summed E-state index contributed by atoms with van der Waals surface area (Å²) in [6.07, 6.45) is 3.01. The number of rotatable bonds is 5. The Bertz CT molecular complexity index is 688. The van der Waals surface area contributed by atoms with Gasteiger partial charge in [-0.15, -0.1) is 11.3 Å².